The molecule has 1 unspecified atom stereocenters. The van der Waals surface area contributed by atoms with Gasteiger partial charge in [0.05, 0.1) is 17.9 Å². The number of aryl methyl sites for hydroxylation is 3. The minimum atomic E-state index is 0.124. The maximum Gasteiger partial charge on any atom is 0.167 e. The van der Waals surface area contributed by atoms with E-state index in [0.717, 1.165) is 24.3 Å². The van der Waals surface area contributed by atoms with Crippen LogP contribution < -0.4 is 10.6 Å². The number of hydrogen-bond acceptors (Lipinski definition) is 3. The fraction of sp³-hybridized carbons (Fsp3) is 0.533. The van der Waals surface area contributed by atoms with Gasteiger partial charge in [0, 0.05) is 43.2 Å². The molecular weight excluding hydrogens is 296 g/mol. The van der Waals surface area contributed by atoms with Crippen LogP contribution in [0, 0.1) is 6.92 Å². The molecule has 120 valence electrons. The smallest absolute Gasteiger partial charge is 0.167 e. The van der Waals surface area contributed by atoms with Gasteiger partial charge >= 0.3 is 0 Å². The van der Waals surface area contributed by atoms with Crippen molar-refractivity contribution in [3.05, 3.63) is 35.4 Å². The SMILES string of the molecule is CCn1cc(CNC(=S)NC(C)c2cn(CC)nc2C)cn1. The maximum absolute atomic E-state index is 5.37. The average Bonchev–Trinajstić information content (AvgIpc) is 3.11. The molecule has 0 saturated heterocycles. The number of nitrogens with one attached hydrogen (secondary N) is 2. The predicted molar refractivity (Wildman–Crippen MR) is 91.5 cm³/mol. The molecule has 0 fully saturated rings. The molecular formula is C15H24N6S. The van der Waals surface area contributed by atoms with Gasteiger partial charge in [-0.15, -0.1) is 0 Å². The van der Waals surface area contributed by atoms with Crippen molar-refractivity contribution >= 4 is 17.3 Å². The molecule has 0 aliphatic carbocycles. The maximum atomic E-state index is 5.37. The van der Waals surface area contributed by atoms with E-state index in [1.165, 1.54) is 5.56 Å². The average molecular weight is 320 g/mol. The van der Waals surface area contributed by atoms with Crippen molar-refractivity contribution in [3.63, 3.8) is 0 Å². The van der Waals surface area contributed by atoms with Crippen LogP contribution >= 0.6 is 12.2 Å². The Morgan fingerprint density at radius 1 is 1.27 bits per heavy atom. The van der Waals surface area contributed by atoms with E-state index >= 15 is 0 Å². The molecule has 1 atom stereocenters. The fourth-order valence-electron chi connectivity index (χ4n) is 2.30. The van der Waals surface area contributed by atoms with E-state index in [4.69, 9.17) is 12.2 Å². The van der Waals surface area contributed by atoms with Crippen LogP contribution in [0.5, 0.6) is 0 Å². The summed E-state index contributed by atoms with van der Waals surface area (Å²) in [6.45, 7) is 10.7. The highest BCUT2D eigenvalue weighted by Crippen LogP contribution is 2.15. The van der Waals surface area contributed by atoms with E-state index < -0.39 is 0 Å². The molecule has 2 heterocycles. The minimum Gasteiger partial charge on any atom is -0.359 e. The van der Waals surface area contributed by atoms with Gasteiger partial charge < -0.3 is 10.6 Å². The van der Waals surface area contributed by atoms with E-state index in [2.05, 4.69) is 47.8 Å². The Labute approximate surface area is 136 Å². The number of rotatable bonds is 6. The van der Waals surface area contributed by atoms with Crippen molar-refractivity contribution in [3.8, 4) is 0 Å². The number of hydrogen-bond donors (Lipinski definition) is 2. The molecule has 0 radical (unpaired) electrons. The van der Waals surface area contributed by atoms with Crippen LogP contribution in [-0.4, -0.2) is 24.7 Å². The summed E-state index contributed by atoms with van der Waals surface area (Å²) in [5.74, 6) is 0. The topological polar surface area (TPSA) is 59.7 Å². The van der Waals surface area contributed by atoms with Crippen molar-refractivity contribution in [1.29, 1.82) is 0 Å². The van der Waals surface area contributed by atoms with Gasteiger partial charge in [0.2, 0.25) is 0 Å². The zero-order chi connectivity index (χ0) is 16.1. The molecule has 0 bridgehead atoms. The highest BCUT2D eigenvalue weighted by atomic mass is 32.1. The molecule has 22 heavy (non-hydrogen) atoms. The monoisotopic (exact) mass is 320 g/mol. The Bertz CT molecular complexity index is 630. The van der Waals surface area contributed by atoms with Gasteiger partial charge in [-0.05, 0) is 39.9 Å². The van der Waals surface area contributed by atoms with E-state index in [1.54, 1.807) is 0 Å². The van der Waals surface area contributed by atoms with Gasteiger partial charge in [-0.1, -0.05) is 0 Å². The van der Waals surface area contributed by atoms with E-state index in [9.17, 15) is 0 Å². The first-order valence-corrected chi connectivity index (χ1v) is 8.04. The van der Waals surface area contributed by atoms with Crippen molar-refractivity contribution < 1.29 is 0 Å². The summed E-state index contributed by atoms with van der Waals surface area (Å²) in [5.41, 5.74) is 3.33. The number of aromatic nitrogens is 4. The third-order valence-electron chi connectivity index (χ3n) is 3.59. The lowest BCUT2D eigenvalue weighted by Crippen LogP contribution is -2.36. The van der Waals surface area contributed by atoms with Gasteiger partial charge in [0.25, 0.3) is 0 Å². The fourth-order valence-corrected chi connectivity index (χ4v) is 2.55. The van der Waals surface area contributed by atoms with Gasteiger partial charge in [0.15, 0.2) is 5.11 Å². The Morgan fingerprint density at radius 3 is 2.59 bits per heavy atom. The largest absolute Gasteiger partial charge is 0.359 e. The number of nitrogens with zero attached hydrogens (tertiary/aromatic N) is 4. The second-order valence-corrected chi connectivity index (χ2v) is 5.69. The summed E-state index contributed by atoms with van der Waals surface area (Å²) in [6.07, 6.45) is 5.95. The first-order chi connectivity index (χ1) is 10.5. The second kappa shape index (κ2) is 7.40. The molecule has 2 aromatic heterocycles. The molecule has 6 nitrogen and oxygen atoms in total. The van der Waals surface area contributed by atoms with Crippen LogP contribution in [0.25, 0.3) is 0 Å². The number of thiocarbonyl (C=S) groups is 1. The lowest BCUT2D eigenvalue weighted by molar-refractivity contribution is 0.650. The first-order valence-electron chi connectivity index (χ1n) is 7.63. The highest BCUT2D eigenvalue weighted by molar-refractivity contribution is 7.80. The highest BCUT2D eigenvalue weighted by Gasteiger charge is 2.13. The van der Waals surface area contributed by atoms with Crippen LogP contribution in [-0.2, 0) is 19.6 Å². The lowest BCUT2D eigenvalue weighted by atomic mass is 10.1. The Morgan fingerprint density at radius 2 is 2.00 bits per heavy atom. The quantitative estimate of drug-likeness (QED) is 0.799. The zero-order valence-corrected chi connectivity index (χ0v) is 14.4. The summed E-state index contributed by atoms with van der Waals surface area (Å²) in [7, 11) is 0. The molecule has 2 aromatic rings. The Kier molecular flexibility index (Phi) is 5.54. The van der Waals surface area contributed by atoms with Crippen molar-refractivity contribution in [2.24, 2.45) is 0 Å². The third-order valence-corrected chi connectivity index (χ3v) is 3.85. The minimum absolute atomic E-state index is 0.124. The first kappa shape index (κ1) is 16.5. The Hall–Kier alpha value is -1.89. The van der Waals surface area contributed by atoms with Crippen LogP contribution in [0.15, 0.2) is 18.6 Å². The summed E-state index contributed by atoms with van der Waals surface area (Å²) in [5, 5.41) is 15.9. The zero-order valence-electron chi connectivity index (χ0n) is 13.6. The van der Waals surface area contributed by atoms with Gasteiger partial charge in [-0.2, -0.15) is 10.2 Å². The molecule has 0 amide bonds. The summed E-state index contributed by atoms with van der Waals surface area (Å²) >= 11 is 5.37. The third kappa shape index (κ3) is 4.07. The van der Waals surface area contributed by atoms with Crippen LogP contribution in [0.4, 0.5) is 0 Å². The van der Waals surface area contributed by atoms with E-state index in [-0.39, 0.29) is 6.04 Å². The van der Waals surface area contributed by atoms with E-state index in [0.29, 0.717) is 11.7 Å². The summed E-state index contributed by atoms with van der Waals surface area (Å²) in [6, 6.07) is 0.124. The molecule has 0 aliphatic rings. The van der Waals surface area contributed by atoms with Crippen LogP contribution in [0.3, 0.4) is 0 Å². The summed E-state index contributed by atoms with van der Waals surface area (Å²) in [4.78, 5) is 0. The molecule has 7 heteroatoms. The van der Waals surface area contributed by atoms with Gasteiger partial charge in [-0.25, -0.2) is 0 Å². The lowest BCUT2D eigenvalue weighted by Gasteiger charge is -2.16. The molecule has 2 rings (SSSR count). The standard InChI is InChI=1S/C15H24N6S/c1-5-20-9-13(8-17-20)7-16-15(22)18-11(3)14-10-21(6-2)19-12(14)4/h8-11H,5-7H2,1-4H3,(H2,16,18,22). The second-order valence-electron chi connectivity index (χ2n) is 5.28. The molecule has 0 aromatic carbocycles. The van der Waals surface area contributed by atoms with Gasteiger partial charge in [-0.3, -0.25) is 9.36 Å². The van der Waals surface area contributed by atoms with Crippen molar-refractivity contribution in [1.82, 2.24) is 30.2 Å². The predicted octanol–water partition coefficient (Wildman–Crippen LogP) is 2.15. The molecule has 0 saturated carbocycles. The van der Waals surface area contributed by atoms with Crippen molar-refractivity contribution in [2.45, 2.75) is 53.4 Å². The summed E-state index contributed by atoms with van der Waals surface area (Å²) < 4.78 is 3.84. The van der Waals surface area contributed by atoms with Crippen molar-refractivity contribution in [2.75, 3.05) is 0 Å². The molecule has 0 spiro atoms. The van der Waals surface area contributed by atoms with Crippen LogP contribution in [0.1, 0.15) is 43.6 Å². The normalized spacial score (nSPS) is 12.2. The Balaban J connectivity index is 1.86. The van der Waals surface area contributed by atoms with E-state index in [1.807, 2.05) is 28.7 Å². The van der Waals surface area contributed by atoms with Crippen LogP contribution in [0.2, 0.25) is 0 Å². The molecule has 2 N–H and O–H groups in total. The molecule has 0 aliphatic heterocycles. The van der Waals surface area contributed by atoms with Gasteiger partial charge in [0.1, 0.15) is 0 Å².